The van der Waals surface area contributed by atoms with E-state index >= 15 is 0 Å². The molecule has 0 atom stereocenters. The van der Waals surface area contributed by atoms with Gasteiger partial charge in [0.2, 0.25) is 0 Å². The molecule has 0 aromatic heterocycles. The van der Waals surface area contributed by atoms with E-state index in [0.29, 0.717) is 6.79 Å². The van der Waals surface area contributed by atoms with E-state index in [2.05, 4.69) is 37.3 Å². The highest BCUT2D eigenvalue weighted by Crippen LogP contribution is 2.20. The molecule has 2 aromatic rings. The fraction of sp³-hybridized carbons (Fsp3) is 0.333. The molecule has 0 saturated heterocycles. The van der Waals surface area contributed by atoms with Crippen LogP contribution in [0.2, 0.25) is 6.04 Å². The van der Waals surface area contributed by atoms with Crippen molar-refractivity contribution in [3.8, 4) is 5.75 Å². The first-order valence-electron chi connectivity index (χ1n) is 6.48. The Morgan fingerprint density at radius 3 is 2.61 bits per heavy atom. The lowest BCUT2D eigenvalue weighted by molar-refractivity contribution is 0.0512. The number of fused-ring (bicyclic) bond motifs is 1. The second-order valence-electron chi connectivity index (χ2n) is 4.50. The minimum absolute atomic E-state index is 0.0739. The summed E-state index contributed by atoms with van der Waals surface area (Å²) >= 11 is 0. The Hall–Kier alpha value is -1.32. The molecule has 2 aromatic carbocycles. The molecule has 0 aliphatic rings. The average molecular weight is 260 g/mol. The first-order valence-corrected chi connectivity index (χ1v) is 8.18. The van der Waals surface area contributed by atoms with Gasteiger partial charge >= 0.3 is 0 Å². The molecule has 0 amide bonds. The second-order valence-corrected chi connectivity index (χ2v) is 6.52. The molecule has 0 saturated carbocycles. The minimum atomic E-state index is -0.0739. The van der Waals surface area contributed by atoms with E-state index < -0.39 is 0 Å². The van der Waals surface area contributed by atoms with Crippen LogP contribution in [0.1, 0.15) is 13.3 Å². The molecule has 0 fully saturated rings. The molecule has 3 heteroatoms. The van der Waals surface area contributed by atoms with Crippen molar-refractivity contribution in [2.75, 3.05) is 13.9 Å². The highest BCUT2D eigenvalue weighted by molar-refractivity contribution is 6.53. The third kappa shape index (κ3) is 3.34. The van der Waals surface area contributed by atoms with E-state index in [1.165, 1.54) is 23.2 Å². The summed E-state index contributed by atoms with van der Waals surface area (Å²) in [7, 11) is 1.56. The first kappa shape index (κ1) is 13.1. The SMILES string of the molecule is CCC[SiH2]c1ccc2cc(OCOC)ccc2c1. The van der Waals surface area contributed by atoms with Crippen LogP contribution in [-0.2, 0) is 4.74 Å². The normalized spacial score (nSPS) is 11.4. The summed E-state index contributed by atoms with van der Waals surface area (Å²) in [4.78, 5) is 0. The maximum Gasteiger partial charge on any atom is 0.188 e. The van der Waals surface area contributed by atoms with E-state index in [4.69, 9.17) is 9.47 Å². The summed E-state index contributed by atoms with van der Waals surface area (Å²) in [6.07, 6.45) is 1.30. The van der Waals surface area contributed by atoms with Gasteiger partial charge in [0.1, 0.15) is 5.75 Å². The summed E-state index contributed by atoms with van der Waals surface area (Å²) in [6, 6.07) is 14.4. The smallest absolute Gasteiger partial charge is 0.188 e. The average Bonchev–Trinajstić information content (AvgIpc) is 2.42. The molecule has 0 unspecified atom stereocenters. The van der Waals surface area contributed by atoms with Gasteiger partial charge < -0.3 is 9.47 Å². The standard InChI is InChI=1S/C15H20O2Si/c1-3-8-18-15-7-5-12-9-14(17-11-16-2)6-4-13(12)10-15/h4-7,9-10H,3,8,11,18H2,1-2H3. The van der Waals surface area contributed by atoms with Crippen LogP contribution in [0.5, 0.6) is 5.75 Å². The number of ether oxygens (including phenoxy) is 2. The molecule has 0 aliphatic heterocycles. The lowest BCUT2D eigenvalue weighted by Crippen LogP contribution is -2.12. The van der Waals surface area contributed by atoms with Gasteiger partial charge in [0, 0.05) is 7.11 Å². The Bertz CT molecular complexity index is 464. The quantitative estimate of drug-likeness (QED) is 0.587. The van der Waals surface area contributed by atoms with Crippen molar-refractivity contribution in [1.82, 2.24) is 0 Å². The molecular weight excluding hydrogens is 240 g/mol. The molecule has 96 valence electrons. The molecule has 2 nitrogen and oxygen atoms in total. The van der Waals surface area contributed by atoms with Gasteiger partial charge in [0.15, 0.2) is 6.79 Å². The number of hydrogen-bond donors (Lipinski definition) is 0. The van der Waals surface area contributed by atoms with Crippen molar-refractivity contribution in [2.45, 2.75) is 19.4 Å². The lowest BCUT2D eigenvalue weighted by atomic mass is 10.1. The Morgan fingerprint density at radius 2 is 1.83 bits per heavy atom. The van der Waals surface area contributed by atoms with Gasteiger partial charge in [0.05, 0.1) is 9.52 Å². The Morgan fingerprint density at radius 1 is 1.06 bits per heavy atom. The molecule has 0 spiro atoms. The van der Waals surface area contributed by atoms with E-state index in [-0.39, 0.29) is 9.52 Å². The first-order chi connectivity index (χ1) is 8.83. The van der Waals surface area contributed by atoms with Crippen molar-refractivity contribution < 1.29 is 9.47 Å². The Balaban J connectivity index is 2.19. The van der Waals surface area contributed by atoms with Gasteiger partial charge in [-0.2, -0.15) is 0 Å². The zero-order valence-electron chi connectivity index (χ0n) is 11.1. The van der Waals surface area contributed by atoms with E-state index in [1.807, 2.05) is 6.07 Å². The van der Waals surface area contributed by atoms with Crippen molar-refractivity contribution in [3.05, 3.63) is 36.4 Å². The van der Waals surface area contributed by atoms with Gasteiger partial charge in [0.25, 0.3) is 0 Å². The molecule has 0 heterocycles. The zero-order valence-corrected chi connectivity index (χ0v) is 12.5. The lowest BCUT2D eigenvalue weighted by Gasteiger charge is -2.07. The van der Waals surface area contributed by atoms with Crippen LogP contribution in [0, 0.1) is 0 Å². The molecule has 18 heavy (non-hydrogen) atoms. The number of methoxy groups -OCH3 is 1. The van der Waals surface area contributed by atoms with Gasteiger partial charge in [-0.3, -0.25) is 0 Å². The summed E-state index contributed by atoms with van der Waals surface area (Å²) in [5, 5.41) is 4.09. The van der Waals surface area contributed by atoms with Crippen LogP contribution in [0.4, 0.5) is 0 Å². The largest absolute Gasteiger partial charge is 0.468 e. The minimum Gasteiger partial charge on any atom is -0.468 e. The highest BCUT2D eigenvalue weighted by Gasteiger charge is 2.00. The van der Waals surface area contributed by atoms with Crippen LogP contribution in [-0.4, -0.2) is 23.4 Å². The van der Waals surface area contributed by atoms with Crippen LogP contribution in [0.25, 0.3) is 10.8 Å². The number of hydrogen-bond acceptors (Lipinski definition) is 2. The van der Waals surface area contributed by atoms with E-state index in [9.17, 15) is 0 Å². The zero-order chi connectivity index (χ0) is 12.8. The number of benzene rings is 2. The van der Waals surface area contributed by atoms with Crippen molar-refractivity contribution in [3.63, 3.8) is 0 Å². The predicted molar refractivity (Wildman–Crippen MR) is 79.7 cm³/mol. The molecule has 0 radical (unpaired) electrons. The third-order valence-electron chi connectivity index (χ3n) is 3.04. The summed E-state index contributed by atoms with van der Waals surface area (Å²) in [5.41, 5.74) is 0. The molecule has 0 aliphatic carbocycles. The van der Waals surface area contributed by atoms with E-state index in [0.717, 1.165) is 5.75 Å². The topological polar surface area (TPSA) is 18.5 Å². The molecule has 0 bridgehead atoms. The predicted octanol–water partition coefficient (Wildman–Crippen LogP) is 2.44. The summed E-state index contributed by atoms with van der Waals surface area (Å²) in [6.45, 7) is 2.56. The van der Waals surface area contributed by atoms with Crippen molar-refractivity contribution in [2.24, 2.45) is 0 Å². The van der Waals surface area contributed by atoms with Crippen molar-refractivity contribution >= 4 is 25.5 Å². The third-order valence-corrected chi connectivity index (χ3v) is 5.12. The van der Waals surface area contributed by atoms with Gasteiger partial charge in [-0.1, -0.05) is 48.8 Å². The fourth-order valence-electron chi connectivity index (χ4n) is 2.03. The van der Waals surface area contributed by atoms with Crippen molar-refractivity contribution in [1.29, 1.82) is 0 Å². The molecule has 2 rings (SSSR count). The van der Waals surface area contributed by atoms with E-state index in [1.54, 1.807) is 12.3 Å². The summed E-state index contributed by atoms with van der Waals surface area (Å²) in [5.74, 6) is 0.864. The summed E-state index contributed by atoms with van der Waals surface area (Å²) < 4.78 is 10.3. The Kier molecular flexibility index (Phi) is 4.79. The fourth-order valence-corrected chi connectivity index (χ4v) is 3.44. The Labute approximate surface area is 111 Å². The number of rotatable bonds is 6. The van der Waals surface area contributed by atoms with Crippen LogP contribution in [0.3, 0.4) is 0 Å². The van der Waals surface area contributed by atoms with Crippen LogP contribution in [0.15, 0.2) is 36.4 Å². The second kappa shape index (κ2) is 6.57. The molecule has 0 N–H and O–H groups in total. The highest BCUT2D eigenvalue weighted by atomic mass is 28.2. The van der Waals surface area contributed by atoms with Crippen LogP contribution < -0.4 is 9.92 Å². The molecular formula is C15H20O2Si. The maximum absolute atomic E-state index is 5.44. The maximum atomic E-state index is 5.44. The van der Waals surface area contributed by atoms with Gasteiger partial charge in [-0.25, -0.2) is 0 Å². The van der Waals surface area contributed by atoms with Crippen LogP contribution >= 0.6 is 0 Å². The van der Waals surface area contributed by atoms with Gasteiger partial charge in [-0.05, 0) is 22.9 Å². The monoisotopic (exact) mass is 260 g/mol. The van der Waals surface area contributed by atoms with Gasteiger partial charge in [-0.15, -0.1) is 0 Å².